The number of alkyl halides is 1. The van der Waals surface area contributed by atoms with Gasteiger partial charge in [-0.15, -0.1) is 10.2 Å². The van der Waals surface area contributed by atoms with E-state index in [2.05, 4.69) is 26.1 Å². The van der Waals surface area contributed by atoms with Crippen LogP contribution in [0.3, 0.4) is 0 Å². The Bertz CT molecular complexity index is 343. The molecule has 0 radical (unpaired) electrons. The van der Waals surface area contributed by atoms with Crippen LogP contribution in [0.4, 0.5) is 0 Å². The summed E-state index contributed by atoms with van der Waals surface area (Å²) in [4.78, 5) is 0.275. The molecule has 0 saturated carbocycles. The molecular formula is C8H7BrCl2N2. The molecule has 1 unspecified atom stereocenters. The highest BCUT2D eigenvalue weighted by atomic mass is 79.9. The van der Waals surface area contributed by atoms with Crippen molar-refractivity contribution in [2.75, 3.05) is 0 Å². The van der Waals surface area contributed by atoms with Gasteiger partial charge in [-0.2, -0.15) is 0 Å². The Morgan fingerprint density at radius 1 is 1.23 bits per heavy atom. The minimum atomic E-state index is 0.275. The van der Waals surface area contributed by atoms with E-state index in [4.69, 9.17) is 23.2 Å². The van der Waals surface area contributed by atoms with Gasteiger partial charge in [0.1, 0.15) is 0 Å². The predicted octanol–water partition coefficient (Wildman–Crippen LogP) is 3.56. The third-order valence-corrected chi connectivity index (χ3v) is 3.72. The molecule has 1 heterocycles. The standard InChI is InChI=1S/C8H7BrCl2N2/c9-5-3-1-2-4-6(5)8(11)13-12-7(4)10/h5H,1-3H2. The van der Waals surface area contributed by atoms with Crippen molar-refractivity contribution in [3.05, 3.63) is 21.4 Å². The van der Waals surface area contributed by atoms with E-state index in [-0.39, 0.29) is 4.83 Å². The second-order valence-electron chi connectivity index (χ2n) is 3.03. The fourth-order valence-corrected chi connectivity index (χ4v) is 3.06. The molecule has 1 aliphatic carbocycles. The van der Waals surface area contributed by atoms with E-state index in [0.29, 0.717) is 10.3 Å². The fraction of sp³-hybridized carbons (Fsp3) is 0.500. The summed E-state index contributed by atoms with van der Waals surface area (Å²) in [5.74, 6) is 0. The van der Waals surface area contributed by atoms with Crippen molar-refractivity contribution in [1.82, 2.24) is 10.2 Å². The number of hydrogen-bond acceptors (Lipinski definition) is 2. The number of nitrogens with zero attached hydrogens (tertiary/aromatic N) is 2. The van der Waals surface area contributed by atoms with Crippen molar-refractivity contribution >= 4 is 39.1 Å². The third-order valence-electron chi connectivity index (χ3n) is 2.22. The van der Waals surface area contributed by atoms with Crippen LogP contribution in [-0.4, -0.2) is 10.2 Å². The normalized spacial score (nSPS) is 21.3. The molecule has 1 atom stereocenters. The first-order valence-electron chi connectivity index (χ1n) is 4.04. The van der Waals surface area contributed by atoms with E-state index in [9.17, 15) is 0 Å². The van der Waals surface area contributed by atoms with Crippen molar-refractivity contribution in [3.8, 4) is 0 Å². The van der Waals surface area contributed by atoms with Gasteiger partial charge in [-0.05, 0) is 24.8 Å². The summed E-state index contributed by atoms with van der Waals surface area (Å²) >= 11 is 15.4. The van der Waals surface area contributed by atoms with Crippen LogP contribution in [0.25, 0.3) is 0 Å². The van der Waals surface area contributed by atoms with E-state index >= 15 is 0 Å². The Hall–Kier alpha value is 0.140. The maximum absolute atomic E-state index is 5.95. The molecule has 1 aromatic rings. The van der Waals surface area contributed by atoms with Crippen LogP contribution in [0, 0.1) is 0 Å². The molecule has 0 aromatic carbocycles. The van der Waals surface area contributed by atoms with Gasteiger partial charge in [-0.25, -0.2) is 0 Å². The molecule has 2 nitrogen and oxygen atoms in total. The second kappa shape index (κ2) is 3.71. The molecule has 0 fully saturated rings. The van der Waals surface area contributed by atoms with Gasteiger partial charge in [0, 0.05) is 10.4 Å². The fourth-order valence-electron chi connectivity index (χ4n) is 1.60. The summed E-state index contributed by atoms with van der Waals surface area (Å²) < 4.78 is 0. The zero-order valence-corrected chi connectivity index (χ0v) is 9.82. The van der Waals surface area contributed by atoms with Gasteiger partial charge < -0.3 is 0 Å². The first-order valence-corrected chi connectivity index (χ1v) is 5.72. The van der Waals surface area contributed by atoms with Crippen molar-refractivity contribution < 1.29 is 0 Å². The first-order chi connectivity index (χ1) is 6.20. The van der Waals surface area contributed by atoms with Gasteiger partial charge in [-0.3, -0.25) is 0 Å². The highest BCUT2D eigenvalue weighted by molar-refractivity contribution is 9.09. The topological polar surface area (TPSA) is 25.8 Å². The second-order valence-corrected chi connectivity index (χ2v) is 4.85. The summed E-state index contributed by atoms with van der Waals surface area (Å²) in [5.41, 5.74) is 2.07. The Morgan fingerprint density at radius 2 is 1.92 bits per heavy atom. The number of aromatic nitrogens is 2. The van der Waals surface area contributed by atoms with Gasteiger partial charge in [0.05, 0.1) is 0 Å². The summed E-state index contributed by atoms with van der Waals surface area (Å²) in [5, 5.41) is 8.55. The molecule has 5 heteroatoms. The van der Waals surface area contributed by atoms with E-state index in [0.717, 1.165) is 30.4 Å². The van der Waals surface area contributed by atoms with Crippen LogP contribution in [0.15, 0.2) is 0 Å². The largest absolute Gasteiger partial charge is 0.156 e. The lowest BCUT2D eigenvalue weighted by Crippen LogP contribution is -2.09. The summed E-state index contributed by atoms with van der Waals surface area (Å²) in [6, 6.07) is 0. The predicted molar refractivity (Wildman–Crippen MR) is 56.7 cm³/mol. The zero-order chi connectivity index (χ0) is 9.42. The summed E-state index contributed by atoms with van der Waals surface area (Å²) in [6.45, 7) is 0. The average molecular weight is 282 g/mol. The van der Waals surface area contributed by atoms with Crippen LogP contribution < -0.4 is 0 Å². The summed E-state index contributed by atoms with van der Waals surface area (Å²) in [6.07, 6.45) is 3.14. The van der Waals surface area contributed by atoms with E-state index in [1.807, 2.05) is 0 Å². The highest BCUT2D eigenvalue weighted by Crippen LogP contribution is 2.40. The lowest BCUT2D eigenvalue weighted by Gasteiger charge is -2.21. The van der Waals surface area contributed by atoms with Crippen molar-refractivity contribution in [1.29, 1.82) is 0 Å². The molecule has 0 N–H and O–H groups in total. The number of rotatable bonds is 0. The van der Waals surface area contributed by atoms with Crippen molar-refractivity contribution in [2.24, 2.45) is 0 Å². The monoisotopic (exact) mass is 280 g/mol. The highest BCUT2D eigenvalue weighted by Gasteiger charge is 2.24. The SMILES string of the molecule is Clc1nnc(Cl)c2c1CCCC2Br. The van der Waals surface area contributed by atoms with Crippen LogP contribution in [0.1, 0.15) is 28.8 Å². The summed E-state index contributed by atoms with van der Waals surface area (Å²) in [7, 11) is 0. The van der Waals surface area contributed by atoms with Crippen LogP contribution >= 0.6 is 39.1 Å². The van der Waals surface area contributed by atoms with Gasteiger partial charge in [0.25, 0.3) is 0 Å². The van der Waals surface area contributed by atoms with E-state index in [1.165, 1.54) is 0 Å². The average Bonchev–Trinajstić information content (AvgIpc) is 2.12. The van der Waals surface area contributed by atoms with Gasteiger partial charge >= 0.3 is 0 Å². The van der Waals surface area contributed by atoms with Crippen LogP contribution in [-0.2, 0) is 6.42 Å². The van der Waals surface area contributed by atoms with E-state index in [1.54, 1.807) is 0 Å². The minimum absolute atomic E-state index is 0.275. The molecular weight excluding hydrogens is 275 g/mol. The maximum atomic E-state index is 5.95. The van der Waals surface area contributed by atoms with Gasteiger partial charge in [0.15, 0.2) is 10.3 Å². The molecule has 1 aromatic heterocycles. The van der Waals surface area contributed by atoms with Gasteiger partial charge in [-0.1, -0.05) is 39.1 Å². The molecule has 70 valence electrons. The minimum Gasteiger partial charge on any atom is -0.137 e. The molecule has 0 saturated heterocycles. The molecule has 0 bridgehead atoms. The number of hydrogen-bond donors (Lipinski definition) is 0. The Balaban J connectivity index is 2.60. The van der Waals surface area contributed by atoms with Crippen LogP contribution in [0.2, 0.25) is 10.3 Å². The molecule has 2 rings (SSSR count). The zero-order valence-electron chi connectivity index (χ0n) is 6.73. The maximum Gasteiger partial charge on any atom is 0.156 e. The van der Waals surface area contributed by atoms with Crippen molar-refractivity contribution in [2.45, 2.75) is 24.1 Å². The lowest BCUT2D eigenvalue weighted by atomic mass is 9.94. The number of fused-ring (bicyclic) bond motifs is 1. The van der Waals surface area contributed by atoms with Crippen molar-refractivity contribution in [3.63, 3.8) is 0 Å². The molecule has 0 amide bonds. The molecule has 0 aliphatic heterocycles. The molecule has 0 spiro atoms. The first kappa shape index (κ1) is 9.69. The smallest absolute Gasteiger partial charge is 0.137 e. The molecule has 1 aliphatic rings. The number of halogens is 3. The Morgan fingerprint density at radius 3 is 2.62 bits per heavy atom. The Kier molecular flexibility index (Phi) is 2.77. The quantitative estimate of drug-likeness (QED) is 0.680. The Labute approximate surface area is 94.8 Å². The van der Waals surface area contributed by atoms with Gasteiger partial charge in [0.2, 0.25) is 0 Å². The lowest BCUT2D eigenvalue weighted by molar-refractivity contribution is 0.670. The van der Waals surface area contributed by atoms with Crippen LogP contribution in [0.5, 0.6) is 0 Å². The van der Waals surface area contributed by atoms with E-state index < -0.39 is 0 Å². The third kappa shape index (κ3) is 1.69. The molecule has 13 heavy (non-hydrogen) atoms.